The third kappa shape index (κ3) is 4.75. The highest BCUT2D eigenvalue weighted by molar-refractivity contribution is 7.88. The Morgan fingerprint density at radius 2 is 1.24 bits per heavy atom. The molecule has 2 aromatic rings. The predicted octanol–water partition coefficient (Wildman–Crippen LogP) is 3.02. The van der Waals surface area contributed by atoms with Crippen LogP contribution in [0.2, 0.25) is 0 Å². The minimum absolute atomic E-state index is 0.0129. The highest BCUT2D eigenvalue weighted by Crippen LogP contribution is 2.28. The van der Waals surface area contributed by atoms with Crippen LogP contribution in [-0.4, -0.2) is 52.1 Å². The van der Waals surface area contributed by atoms with Crippen molar-refractivity contribution in [3.05, 3.63) is 70.8 Å². The van der Waals surface area contributed by atoms with Gasteiger partial charge in [-0.1, -0.05) is 36.4 Å². The topological polar surface area (TPSA) is 72.9 Å². The molecule has 0 radical (unpaired) electrons. The van der Waals surface area contributed by atoms with Gasteiger partial charge in [0.15, 0.2) is 5.78 Å². The van der Waals surface area contributed by atoms with Gasteiger partial charge in [-0.3, -0.25) is 4.79 Å². The summed E-state index contributed by atoms with van der Waals surface area (Å²) in [5, 5.41) is 0. The third-order valence-electron chi connectivity index (χ3n) is 4.68. The van der Waals surface area contributed by atoms with Crippen LogP contribution >= 0.6 is 0 Å². The monoisotopic (exact) mass is 413 g/mol. The molecule has 7 heteroatoms. The fraction of sp³-hybridized carbons (Fsp3) is 0.227. The molecule has 0 aromatic heterocycles. The number of methoxy groups -OCH3 is 2. The van der Waals surface area contributed by atoms with Crippen molar-refractivity contribution in [3.63, 3.8) is 0 Å². The highest BCUT2D eigenvalue weighted by Gasteiger charge is 2.31. The molecule has 3 rings (SSSR count). The Labute approximate surface area is 171 Å². The minimum atomic E-state index is -3.49. The van der Waals surface area contributed by atoms with Crippen LogP contribution in [-0.2, 0) is 14.8 Å². The molecular weight excluding hydrogens is 390 g/mol. The average molecular weight is 413 g/mol. The van der Waals surface area contributed by atoms with E-state index in [9.17, 15) is 13.2 Å². The number of ketones is 1. The second-order valence-electron chi connectivity index (χ2n) is 6.68. The molecule has 6 nitrogen and oxygen atoms in total. The summed E-state index contributed by atoms with van der Waals surface area (Å²) < 4.78 is 36.5. The minimum Gasteiger partial charge on any atom is -0.496 e. The maximum absolute atomic E-state index is 13.2. The number of rotatable bonds is 5. The summed E-state index contributed by atoms with van der Waals surface area (Å²) in [5.41, 5.74) is 2.19. The molecule has 1 fully saturated rings. The number of benzene rings is 2. The largest absolute Gasteiger partial charge is 0.496 e. The van der Waals surface area contributed by atoms with Gasteiger partial charge in [0, 0.05) is 35.4 Å². The molecule has 0 atom stereocenters. The lowest BCUT2D eigenvalue weighted by Crippen LogP contribution is -2.41. The van der Waals surface area contributed by atoms with E-state index in [0.717, 1.165) is 6.26 Å². The van der Waals surface area contributed by atoms with Crippen LogP contribution in [0.5, 0.6) is 11.5 Å². The van der Waals surface area contributed by atoms with Gasteiger partial charge in [0.1, 0.15) is 11.5 Å². The first-order chi connectivity index (χ1) is 13.8. The Morgan fingerprint density at radius 3 is 1.62 bits per heavy atom. The number of carbonyl (C=O) groups excluding carboxylic acids is 1. The molecule has 0 N–H and O–H groups in total. The normalized spacial score (nSPS) is 18.2. The summed E-state index contributed by atoms with van der Waals surface area (Å²) in [6.45, 7) is 0.0258. The molecule has 0 spiro atoms. The Hall–Kier alpha value is -2.90. The maximum Gasteiger partial charge on any atom is 0.211 e. The fourth-order valence-electron chi connectivity index (χ4n) is 3.19. The van der Waals surface area contributed by atoms with Crippen LogP contribution in [0.15, 0.2) is 59.7 Å². The highest BCUT2D eigenvalue weighted by atomic mass is 32.2. The number of carbonyl (C=O) groups is 1. The Bertz CT molecular complexity index is 1020. The van der Waals surface area contributed by atoms with Crippen molar-refractivity contribution in [2.24, 2.45) is 0 Å². The smallest absolute Gasteiger partial charge is 0.211 e. The van der Waals surface area contributed by atoms with Crippen LogP contribution in [0.4, 0.5) is 0 Å². The number of sulfonamides is 1. The van der Waals surface area contributed by atoms with Gasteiger partial charge in [-0.25, -0.2) is 8.42 Å². The van der Waals surface area contributed by atoms with Crippen molar-refractivity contribution in [2.45, 2.75) is 0 Å². The van der Waals surface area contributed by atoms with Gasteiger partial charge in [0.25, 0.3) is 0 Å². The number of ether oxygens (including phenoxy) is 2. The average Bonchev–Trinajstić information content (AvgIpc) is 2.70. The summed E-state index contributed by atoms with van der Waals surface area (Å²) in [6, 6.07) is 14.6. The Kier molecular flexibility index (Phi) is 6.20. The number of para-hydroxylation sites is 2. The zero-order chi connectivity index (χ0) is 21.0. The first kappa shape index (κ1) is 20.8. The zero-order valence-electron chi connectivity index (χ0n) is 16.6. The van der Waals surface area contributed by atoms with E-state index >= 15 is 0 Å². The molecule has 1 aliphatic heterocycles. The molecule has 0 aliphatic carbocycles. The maximum atomic E-state index is 13.2. The lowest BCUT2D eigenvalue weighted by molar-refractivity contribution is -0.113. The molecule has 0 bridgehead atoms. The van der Waals surface area contributed by atoms with Crippen LogP contribution in [0.25, 0.3) is 12.2 Å². The van der Waals surface area contributed by atoms with Crippen LogP contribution in [0.1, 0.15) is 11.1 Å². The van der Waals surface area contributed by atoms with Gasteiger partial charge in [-0.05, 0) is 24.3 Å². The predicted molar refractivity (Wildman–Crippen MR) is 113 cm³/mol. The second-order valence-corrected chi connectivity index (χ2v) is 8.67. The zero-order valence-corrected chi connectivity index (χ0v) is 17.4. The summed E-state index contributed by atoms with van der Waals surface area (Å²) in [7, 11) is -0.391. The van der Waals surface area contributed by atoms with Gasteiger partial charge >= 0.3 is 0 Å². The second kappa shape index (κ2) is 8.63. The van der Waals surface area contributed by atoms with Gasteiger partial charge in [0.05, 0.1) is 20.5 Å². The van der Waals surface area contributed by atoms with E-state index in [1.54, 1.807) is 38.5 Å². The van der Waals surface area contributed by atoms with Crippen molar-refractivity contribution in [1.29, 1.82) is 0 Å². The third-order valence-corrected chi connectivity index (χ3v) is 5.88. The van der Waals surface area contributed by atoms with Crippen molar-refractivity contribution in [2.75, 3.05) is 33.6 Å². The first-order valence-corrected chi connectivity index (χ1v) is 10.9. The van der Waals surface area contributed by atoms with E-state index in [1.165, 1.54) is 4.31 Å². The SMILES string of the molecule is COc1ccccc1/C=C1\CN(S(C)(=O)=O)C/C(=C\c2ccccc2OC)C1=O. The lowest BCUT2D eigenvalue weighted by atomic mass is 9.95. The number of nitrogens with zero attached hydrogens (tertiary/aromatic N) is 1. The van der Waals surface area contributed by atoms with Gasteiger partial charge in [-0.15, -0.1) is 0 Å². The molecule has 152 valence electrons. The van der Waals surface area contributed by atoms with Crippen molar-refractivity contribution in [1.82, 2.24) is 4.31 Å². The quantitative estimate of drug-likeness (QED) is 0.705. The summed E-state index contributed by atoms with van der Waals surface area (Å²) in [4.78, 5) is 13.2. The first-order valence-electron chi connectivity index (χ1n) is 9.00. The summed E-state index contributed by atoms with van der Waals surface area (Å²) in [5.74, 6) is 1.03. The number of piperidine rings is 1. The molecule has 1 aliphatic rings. The van der Waals surface area contributed by atoms with Crippen molar-refractivity contribution >= 4 is 28.0 Å². The van der Waals surface area contributed by atoms with E-state index in [4.69, 9.17) is 9.47 Å². The number of hydrogen-bond acceptors (Lipinski definition) is 5. The van der Waals surface area contributed by atoms with Gasteiger partial charge < -0.3 is 9.47 Å². The van der Waals surface area contributed by atoms with E-state index < -0.39 is 10.0 Å². The van der Waals surface area contributed by atoms with E-state index in [0.29, 0.717) is 33.8 Å². The molecule has 0 amide bonds. The molecule has 1 saturated heterocycles. The molecule has 0 saturated carbocycles. The Balaban J connectivity index is 2.09. The standard InChI is InChI=1S/C22H23NO5S/c1-27-20-10-6-4-8-16(20)12-18-14-23(29(3,25)26)15-19(22(18)24)13-17-9-5-7-11-21(17)28-2/h4-13H,14-15H2,1-3H3/b18-12+,19-13+. The molecule has 1 heterocycles. The van der Waals surface area contributed by atoms with Crippen LogP contribution in [0, 0.1) is 0 Å². The van der Waals surface area contributed by atoms with Crippen LogP contribution < -0.4 is 9.47 Å². The summed E-state index contributed by atoms with van der Waals surface area (Å²) in [6.07, 6.45) is 4.52. The van der Waals surface area contributed by atoms with E-state index in [-0.39, 0.29) is 18.9 Å². The Morgan fingerprint density at radius 1 is 0.828 bits per heavy atom. The van der Waals surface area contributed by atoms with E-state index in [2.05, 4.69) is 0 Å². The van der Waals surface area contributed by atoms with Gasteiger partial charge in [-0.2, -0.15) is 4.31 Å². The number of Topliss-reactive ketones (excluding diaryl/α,β-unsaturated/α-hetero) is 1. The number of hydrogen-bond donors (Lipinski definition) is 0. The fourth-order valence-corrected chi connectivity index (χ4v) is 3.94. The molecular formula is C22H23NO5S. The molecule has 29 heavy (non-hydrogen) atoms. The van der Waals surface area contributed by atoms with Crippen LogP contribution in [0.3, 0.4) is 0 Å². The summed E-state index contributed by atoms with van der Waals surface area (Å²) >= 11 is 0. The lowest BCUT2D eigenvalue weighted by Gasteiger charge is -2.28. The van der Waals surface area contributed by atoms with Crippen molar-refractivity contribution < 1.29 is 22.7 Å². The van der Waals surface area contributed by atoms with E-state index in [1.807, 2.05) is 36.4 Å². The van der Waals surface area contributed by atoms with Crippen molar-refractivity contribution in [3.8, 4) is 11.5 Å². The molecule has 0 unspecified atom stereocenters. The molecule has 2 aromatic carbocycles. The van der Waals surface area contributed by atoms with Gasteiger partial charge in [0.2, 0.25) is 10.0 Å².